The van der Waals surface area contributed by atoms with Gasteiger partial charge in [0.25, 0.3) is 11.4 Å². The summed E-state index contributed by atoms with van der Waals surface area (Å²) in [5.41, 5.74) is -0.265. The fourth-order valence-electron chi connectivity index (χ4n) is 2.28. The first-order chi connectivity index (χ1) is 13.0. The Bertz CT molecular complexity index is 577. The van der Waals surface area contributed by atoms with Gasteiger partial charge in [0, 0.05) is 6.42 Å². The Morgan fingerprint density at radius 2 is 1.41 bits per heavy atom. The molecule has 150 valence electrons. The normalized spacial score (nSPS) is 12.8. The smallest absolute Gasteiger partial charge is 0.253 e. The van der Waals surface area contributed by atoms with E-state index in [9.17, 15) is 25.0 Å². The molecule has 0 aromatic carbocycles. The lowest BCUT2D eigenvalue weighted by atomic mass is 10.1. The summed E-state index contributed by atoms with van der Waals surface area (Å²) in [6.45, 7) is 2.04. The molecule has 7 heteroatoms. The van der Waals surface area contributed by atoms with E-state index in [0.717, 1.165) is 38.4 Å². The maximum atomic E-state index is 11.2. The number of nitro groups is 2. The first-order valence-electron chi connectivity index (χ1n) is 9.43. The zero-order valence-electron chi connectivity index (χ0n) is 16.0. The third-order valence-corrected chi connectivity index (χ3v) is 3.81. The third kappa shape index (κ3) is 14.3. The molecule has 0 aliphatic rings. The zero-order valence-corrected chi connectivity index (χ0v) is 16.0. The number of carbonyl (C=O) groups excluding carboxylic acids is 1. The SMILES string of the molecule is CCCCC/C=C(\C/C(=C\C/C=C\C/C=C\CCCC=O)[N+](=O)[O-])[N+](=O)[O-]. The molecule has 0 saturated heterocycles. The van der Waals surface area contributed by atoms with Crippen LogP contribution >= 0.6 is 0 Å². The fourth-order valence-corrected chi connectivity index (χ4v) is 2.28. The van der Waals surface area contributed by atoms with E-state index in [1.807, 2.05) is 25.2 Å². The van der Waals surface area contributed by atoms with Crippen LogP contribution in [0.2, 0.25) is 0 Å². The highest BCUT2D eigenvalue weighted by molar-refractivity contribution is 5.49. The second-order valence-corrected chi connectivity index (χ2v) is 6.09. The van der Waals surface area contributed by atoms with Gasteiger partial charge in [-0.05, 0) is 50.7 Å². The molecule has 0 aromatic rings. The van der Waals surface area contributed by atoms with Gasteiger partial charge in [0.2, 0.25) is 0 Å². The predicted molar refractivity (Wildman–Crippen MR) is 106 cm³/mol. The first kappa shape index (κ1) is 24.4. The summed E-state index contributed by atoms with van der Waals surface area (Å²) in [5, 5.41) is 22.3. The first-order valence-corrected chi connectivity index (χ1v) is 9.43. The molecule has 0 amide bonds. The number of carbonyl (C=O) groups is 1. The van der Waals surface area contributed by atoms with Crippen molar-refractivity contribution in [3.8, 4) is 0 Å². The molecule has 0 aliphatic heterocycles. The molecule has 7 nitrogen and oxygen atoms in total. The molecular formula is C20H30N2O5. The van der Waals surface area contributed by atoms with Crippen molar-refractivity contribution in [3.05, 3.63) is 68.1 Å². The summed E-state index contributed by atoms with van der Waals surface area (Å²) >= 11 is 0. The summed E-state index contributed by atoms with van der Waals surface area (Å²) in [7, 11) is 0. The van der Waals surface area contributed by atoms with Gasteiger partial charge in [-0.3, -0.25) is 20.2 Å². The molecule has 0 fully saturated rings. The van der Waals surface area contributed by atoms with Crippen LogP contribution in [0.15, 0.2) is 47.9 Å². The van der Waals surface area contributed by atoms with Crippen molar-refractivity contribution in [2.24, 2.45) is 0 Å². The van der Waals surface area contributed by atoms with Gasteiger partial charge in [-0.25, -0.2) is 0 Å². The molecule has 0 spiro atoms. The highest BCUT2D eigenvalue weighted by atomic mass is 16.6. The number of rotatable bonds is 16. The second-order valence-electron chi connectivity index (χ2n) is 6.09. The molecule has 0 radical (unpaired) electrons. The van der Waals surface area contributed by atoms with Crippen molar-refractivity contribution in [1.29, 1.82) is 0 Å². The van der Waals surface area contributed by atoms with Crippen molar-refractivity contribution in [2.45, 2.75) is 71.1 Å². The number of aldehydes is 1. The van der Waals surface area contributed by atoms with Crippen molar-refractivity contribution < 1.29 is 14.6 Å². The maximum Gasteiger partial charge on any atom is 0.253 e. The van der Waals surface area contributed by atoms with Gasteiger partial charge in [-0.2, -0.15) is 0 Å². The van der Waals surface area contributed by atoms with Crippen LogP contribution in [-0.4, -0.2) is 16.1 Å². The van der Waals surface area contributed by atoms with Gasteiger partial charge in [0.1, 0.15) is 12.7 Å². The van der Waals surface area contributed by atoms with Gasteiger partial charge < -0.3 is 4.79 Å². The van der Waals surface area contributed by atoms with Gasteiger partial charge in [-0.15, -0.1) is 0 Å². The van der Waals surface area contributed by atoms with Crippen molar-refractivity contribution in [3.63, 3.8) is 0 Å². The van der Waals surface area contributed by atoms with Gasteiger partial charge in [0.05, 0.1) is 9.85 Å². The van der Waals surface area contributed by atoms with E-state index >= 15 is 0 Å². The highest BCUT2D eigenvalue weighted by Crippen LogP contribution is 2.15. The van der Waals surface area contributed by atoms with Crippen LogP contribution in [0.1, 0.15) is 71.1 Å². The molecule has 0 unspecified atom stereocenters. The lowest BCUT2D eigenvalue weighted by Crippen LogP contribution is -2.06. The molecule has 0 saturated carbocycles. The van der Waals surface area contributed by atoms with Crippen LogP contribution < -0.4 is 0 Å². The summed E-state index contributed by atoms with van der Waals surface area (Å²) in [6, 6.07) is 0. The molecule has 0 N–H and O–H groups in total. The van der Waals surface area contributed by atoms with E-state index in [1.54, 1.807) is 6.08 Å². The summed E-state index contributed by atoms with van der Waals surface area (Å²) in [6.07, 6.45) is 17.9. The molecule has 27 heavy (non-hydrogen) atoms. The summed E-state index contributed by atoms with van der Waals surface area (Å²) in [5.74, 6) is 0. The van der Waals surface area contributed by atoms with Gasteiger partial charge >= 0.3 is 0 Å². The molecule has 0 heterocycles. The molecule has 0 aliphatic carbocycles. The summed E-state index contributed by atoms with van der Waals surface area (Å²) in [4.78, 5) is 31.3. The summed E-state index contributed by atoms with van der Waals surface area (Å²) < 4.78 is 0. The van der Waals surface area contributed by atoms with E-state index in [1.165, 1.54) is 12.2 Å². The Balaban J connectivity index is 4.54. The number of hydrogen-bond donors (Lipinski definition) is 0. The van der Waals surface area contributed by atoms with Crippen molar-refractivity contribution >= 4 is 6.29 Å². The number of allylic oxidation sites excluding steroid dienone is 6. The molecule has 0 aromatic heterocycles. The van der Waals surface area contributed by atoms with Crippen LogP contribution in [0.25, 0.3) is 0 Å². The van der Waals surface area contributed by atoms with Crippen LogP contribution in [0.3, 0.4) is 0 Å². The number of unbranched alkanes of at least 4 members (excludes halogenated alkanes) is 5. The third-order valence-electron chi connectivity index (χ3n) is 3.81. The van der Waals surface area contributed by atoms with E-state index in [0.29, 0.717) is 25.7 Å². The van der Waals surface area contributed by atoms with E-state index in [2.05, 4.69) is 0 Å². The number of nitrogens with zero attached hydrogens (tertiary/aromatic N) is 2. The van der Waals surface area contributed by atoms with Crippen molar-refractivity contribution in [2.75, 3.05) is 0 Å². The molecular weight excluding hydrogens is 348 g/mol. The number of hydrogen-bond acceptors (Lipinski definition) is 5. The average molecular weight is 378 g/mol. The minimum absolute atomic E-state index is 0.115. The molecule has 0 atom stereocenters. The average Bonchev–Trinajstić information content (AvgIpc) is 2.63. The second kappa shape index (κ2) is 16.9. The standard InChI is InChI=1S/C20H30N2O5/c1-2-3-4-12-15-19(21(24)25)18-20(22(26)27)16-13-10-8-6-5-7-9-11-14-17-23/h5,7-8,10,15-17H,2-4,6,9,11-14,18H2,1H3/b7-5-,10-8-,19-15+,20-16+. The maximum absolute atomic E-state index is 11.2. The van der Waals surface area contributed by atoms with Crippen LogP contribution in [-0.2, 0) is 4.79 Å². The van der Waals surface area contributed by atoms with E-state index in [-0.39, 0.29) is 17.8 Å². The van der Waals surface area contributed by atoms with Gasteiger partial charge in [-0.1, -0.05) is 44.1 Å². The molecule has 0 rings (SSSR count). The van der Waals surface area contributed by atoms with E-state index < -0.39 is 9.85 Å². The quantitative estimate of drug-likeness (QED) is 0.115. The fraction of sp³-hybridized carbons (Fsp3) is 0.550. The Kier molecular flexibility index (Phi) is 15.3. The highest BCUT2D eigenvalue weighted by Gasteiger charge is 2.20. The lowest BCUT2D eigenvalue weighted by Gasteiger charge is -1.99. The van der Waals surface area contributed by atoms with Gasteiger partial charge in [0.15, 0.2) is 0 Å². The van der Waals surface area contributed by atoms with Crippen LogP contribution in [0.5, 0.6) is 0 Å². The Labute approximate surface area is 160 Å². The van der Waals surface area contributed by atoms with E-state index in [4.69, 9.17) is 0 Å². The van der Waals surface area contributed by atoms with Crippen LogP contribution in [0, 0.1) is 20.2 Å². The largest absolute Gasteiger partial charge is 0.303 e. The Hall–Kier alpha value is -2.57. The molecule has 0 bridgehead atoms. The minimum Gasteiger partial charge on any atom is -0.303 e. The monoisotopic (exact) mass is 378 g/mol. The predicted octanol–water partition coefficient (Wildman–Crippen LogP) is 5.54. The van der Waals surface area contributed by atoms with Crippen LogP contribution in [0.4, 0.5) is 0 Å². The van der Waals surface area contributed by atoms with Crippen molar-refractivity contribution in [1.82, 2.24) is 0 Å². The Morgan fingerprint density at radius 1 is 0.778 bits per heavy atom. The topological polar surface area (TPSA) is 103 Å². The zero-order chi connectivity index (χ0) is 20.3. The minimum atomic E-state index is -0.551. The lowest BCUT2D eigenvalue weighted by molar-refractivity contribution is -0.450. The Morgan fingerprint density at radius 3 is 2.04 bits per heavy atom.